The van der Waals surface area contributed by atoms with E-state index in [1.807, 2.05) is 0 Å². The van der Waals surface area contributed by atoms with Gasteiger partial charge >= 0.3 is 5.97 Å². The molecule has 0 aromatic carbocycles. The van der Waals surface area contributed by atoms with Crippen molar-refractivity contribution in [3.05, 3.63) is 0 Å². The molecule has 0 amide bonds. The summed E-state index contributed by atoms with van der Waals surface area (Å²) in [4.78, 5) is 20.5. The quantitative estimate of drug-likeness (QED) is 0.617. The fourth-order valence-corrected chi connectivity index (χ4v) is 0.890. The number of carbonyl (C=O) groups excluding carboxylic acids is 1. The molecular formula is C8H14O4. The van der Waals surface area contributed by atoms with Crippen LogP contribution in [0.2, 0.25) is 0 Å². The van der Waals surface area contributed by atoms with Crippen LogP contribution in [0, 0.1) is 0 Å². The Hall–Kier alpha value is -0.900. The second-order valence-corrected chi connectivity index (χ2v) is 2.85. The lowest BCUT2D eigenvalue weighted by molar-refractivity contribution is -0.139. The Morgan fingerprint density at radius 2 is 2.00 bits per heavy atom. The highest BCUT2D eigenvalue weighted by Crippen LogP contribution is 2.04. The van der Waals surface area contributed by atoms with Gasteiger partial charge in [0.1, 0.15) is 5.78 Å². The highest BCUT2D eigenvalue weighted by Gasteiger charge is 2.08. The Balaban J connectivity index is 3.37. The molecule has 0 bridgehead atoms. The first-order valence-electron chi connectivity index (χ1n) is 3.91. The molecule has 0 saturated heterocycles. The third kappa shape index (κ3) is 7.21. The highest BCUT2D eigenvalue weighted by atomic mass is 16.4. The zero-order chi connectivity index (χ0) is 9.56. The van der Waals surface area contributed by atoms with Crippen molar-refractivity contribution < 1.29 is 19.8 Å². The van der Waals surface area contributed by atoms with Gasteiger partial charge < -0.3 is 15.0 Å². The van der Waals surface area contributed by atoms with Crippen LogP contribution in [0.25, 0.3) is 0 Å². The van der Waals surface area contributed by atoms with Crippen LogP contribution in [0.15, 0.2) is 0 Å². The van der Waals surface area contributed by atoms with Crippen LogP contribution in [-0.2, 0) is 9.59 Å². The first-order valence-corrected chi connectivity index (χ1v) is 3.91. The average Bonchev–Trinajstić information content (AvgIpc) is 1.84. The van der Waals surface area contributed by atoms with Crippen molar-refractivity contribution in [1.82, 2.24) is 0 Å². The van der Waals surface area contributed by atoms with Crippen molar-refractivity contribution in [3.63, 3.8) is 0 Å². The van der Waals surface area contributed by atoms with E-state index in [9.17, 15) is 9.59 Å². The van der Waals surface area contributed by atoms with Crippen molar-refractivity contribution >= 4 is 11.8 Å². The first-order chi connectivity index (χ1) is 5.52. The standard InChI is InChI=1S/C8H14O4/c1-6(9)3-2-4-7(10)5-8(11)12/h7,10H,2-5H2,1H3,(H,11,12)/t7-/m1/s1. The number of rotatable bonds is 6. The largest absolute Gasteiger partial charge is 0.481 e. The van der Waals surface area contributed by atoms with E-state index in [1.54, 1.807) is 0 Å². The maximum Gasteiger partial charge on any atom is 0.305 e. The van der Waals surface area contributed by atoms with Crippen molar-refractivity contribution in [2.45, 2.75) is 38.7 Å². The number of carboxylic acid groups (broad SMARTS) is 1. The van der Waals surface area contributed by atoms with Gasteiger partial charge in [0.15, 0.2) is 0 Å². The van der Waals surface area contributed by atoms with Gasteiger partial charge in [0.05, 0.1) is 12.5 Å². The normalized spacial score (nSPS) is 12.5. The number of carboxylic acids is 1. The van der Waals surface area contributed by atoms with Crippen molar-refractivity contribution in [1.29, 1.82) is 0 Å². The molecule has 0 spiro atoms. The zero-order valence-corrected chi connectivity index (χ0v) is 7.12. The SMILES string of the molecule is CC(=O)CCC[C@@H](O)CC(=O)O. The van der Waals surface area contributed by atoms with E-state index in [0.717, 1.165) is 0 Å². The average molecular weight is 174 g/mol. The summed E-state index contributed by atoms with van der Waals surface area (Å²) in [5.41, 5.74) is 0. The number of aliphatic hydroxyl groups excluding tert-OH is 1. The zero-order valence-electron chi connectivity index (χ0n) is 7.12. The van der Waals surface area contributed by atoms with Crippen molar-refractivity contribution in [2.24, 2.45) is 0 Å². The van der Waals surface area contributed by atoms with E-state index in [4.69, 9.17) is 10.2 Å². The number of aliphatic hydroxyl groups is 1. The molecule has 0 aromatic rings. The minimum Gasteiger partial charge on any atom is -0.481 e. The van der Waals surface area contributed by atoms with Crippen LogP contribution in [-0.4, -0.2) is 28.1 Å². The first kappa shape index (κ1) is 11.1. The summed E-state index contributed by atoms with van der Waals surface area (Å²) >= 11 is 0. The van der Waals surface area contributed by atoms with Gasteiger partial charge in [0.2, 0.25) is 0 Å². The van der Waals surface area contributed by atoms with E-state index in [-0.39, 0.29) is 12.2 Å². The number of hydrogen-bond donors (Lipinski definition) is 2. The van der Waals surface area contributed by atoms with E-state index in [1.165, 1.54) is 6.92 Å². The summed E-state index contributed by atoms with van der Waals surface area (Å²) in [5, 5.41) is 17.3. The molecule has 0 fully saturated rings. The lowest BCUT2D eigenvalue weighted by Gasteiger charge is -2.05. The maximum atomic E-state index is 10.4. The topological polar surface area (TPSA) is 74.6 Å². The number of aliphatic carboxylic acids is 1. The second-order valence-electron chi connectivity index (χ2n) is 2.85. The number of hydrogen-bond acceptors (Lipinski definition) is 3. The molecule has 4 nitrogen and oxygen atoms in total. The van der Waals surface area contributed by atoms with E-state index >= 15 is 0 Å². The Bertz CT molecular complexity index is 164. The fourth-order valence-electron chi connectivity index (χ4n) is 0.890. The third-order valence-corrected chi connectivity index (χ3v) is 1.48. The lowest BCUT2D eigenvalue weighted by Crippen LogP contribution is -2.12. The molecule has 1 atom stereocenters. The van der Waals surface area contributed by atoms with Crippen LogP contribution < -0.4 is 0 Å². The Labute approximate surface area is 71.2 Å². The molecule has 70 valence electrons. The second kappa shape index (κ2) is 5.71. The summed E-state index contributed by atoms with van der Waals surface area (Å²) in [6.07, 6.45) is 0.298. The van der Waals surface area contributed by atoms with E-state index in [0.29, 0.717) is 19.3 Å². The van der Waals surface area contributed by atoms with Gasteiger partial charge in [-0.3, -0.25) is 4.79 Å². The van der Waals surface area contributed by atoms with Gasteiger partial charge in [-0.15, -0.1) is 0 Å². The van der Waals surface area contributed by atoms with Gasteiger partial charge in [-0.05, 0) is 19.8 Å². The Morgan fingerprint density at radius 3 is 2.42 bits per heavy atom. The molecule has 0 radical (unpaired) electrons. The van der Waals surface area contributed by atoms with Gasteiger partial charge in [-0.2, -0.15) is 0 Å². The Kier molecular flexibility index (Phi) is 5.28. The minimum absolute atomic E-state index is 0.0672. The summed E-state index contributed by atoms with van der Waals surface area (Å²) < 4.78 is 0. The molecule has 0 unspecified atom stereocenters. The molecule has 0 heterocycles. The summed E-state index contributed by atoms with van der Waals surface area (Å²) in [6.45, 7) is 1.48. The highest BCUT2D eigenvalue weighted by molar-refractivity contribution is 5.75. The summed E-state index contributed by atoms with van der Waals surface area (Å²) in [7, 11) is 0. The number of ketones is 1. The minimum atomic E-state index is -1.01. The molecule has 4 heteroatoms. The van der Waals surface area contributed by atoms with E-state index < -0.39 is 12.1 Å². The van der Waals surface area contributed by atoms with Crippen molar-refractivity contribution in [3.8, 4) is 0 Å². The van der Waals surface area contributed by atoms with Crippen LogP contribution in [0.1, 0.15) is 32.6 Å². The molecular weight excluding hydrogens is 160 g/mol. The monoisotopic (exact) mass is 174 g/mol. The van der Waals surface area contributed by atoms with Gasteiger partial charge in [0.25, 0.3) is 0 Å². The molecule has 2 N–H and O–H groups in total. The number of Topliss-reactive ketones (excluding diaryl/α,β-unsaturated/α-hetero) is 1. The molecule has 0 aromatic heterocycles. The van der Waals surface area contributed by atoms with Gasteiger partial charge in [-0.25, -0.2) is 0 Å². The number of carbonyl (C=O) groups is 2. The lowest BCUT2D eigenvalue weighted by atomic mass is 10.1. The van der Waals surface area contributed by atoms with Crippen LogP contribution in [0.5, 0.6) is 0 Å². The summed E-state index contributed by atoms with van der Waals surface area (Å²) in [5.74, 6) is -0.942. The molecule has 12 heavy (non-hydrogen) atoms. The molecule has 0 aliphatic carbocycles. The Morgan fingerprint density at radius 1 is 1.42 bits per heavy atom. The molecule has 0 aliphatic heterocycles. The van der Waals surface area contributed by atoms with Gasteiger partial charge in [0, 0.05) is 6.42 Å². The smallest absolute Gasteiger partial charge is 0.305 e. The van der Waals surface area contributed by atoms with Crippen molar-refractivity contribution in [2.75, 3.05) is 0 Å². The van der Waals surface area contributed by atoms with Crippen LogP contribution in [0.4, 0.5) is 0 Å². The summed E-state index contributed by atoms with van der Waals surface area (Å²) in [6, 6.07) is 0. The third-order valence-electron chi connectivity index (χ3n) is 1.48. The fraction of sp³-hybridized carbons (Fsp3) is 0.750. The molecule has 0 aliphatic rings. The predicted octanol–water partition coefficient (Wildman–Crippen LogP) is 0.581. The van der Waals surface area contributed by atoms with E-state index in [2.05, 4.69) is 0 Å². The van der Waals surface area contributed by atoms with Gasteiger partial charge in [-0.1, -0.05) is 0 Å². The maximum absolute atomic E-state index is 10.4. The molecule has 0 saturated carbocycles. The molecule has 0 rings (SSSR count). The van der Waals surface area contributed by atoms with Crippen LogP contribution in [0.3, 0.4) is 0 Å². The predicted molar refractivity (Wildman–Crippen MR) is 42.8 cm³/mol. The van der Waals surface area contributed by atoms with Crippen LogP contribution >= 0.6 is 0 Å².